The first-order chi connectivity index (χ1) is 8.06. The fourth-order valence-electron chi connectivity index (χ4n) is 1.22. The maximum absolute atomic E-state index is 13.6. The lowest BCUT2D eigenvalue weighted by molar-refractivity contribution is 0.631. The van der Waals surface area contributed by atoms with Gasteiger partial charge in [0.2, 0.25) is 0 Å². The average molecular weight is 425 g/mol. The van der Waals surface area contributed by atoms with Gasteiger partial charge in [0.25, 0.3) is 0 Å². The van der Waals surface area contributed by atoms with Crippen LogP contribution >= 0.6 is 47.8 Å². The van der Waals surface area contributed by atoms with Gasteiger partial charge in [-0.3, -0.25) is 0 Å². The molecule has 0 radical (unpaired) electrons. The molecule has 0 aliphatic heterocycles. The van der Waals surface area contributed by atoms with E-state index in [1.165, 1.54) is 6.07 Å². The molecule has 2 aromatic rings. The van der Waals surface area contributed by atoms with Gasteiger partial charge in [-0.25, -0.2) is 9.37 Å². The molecule has 0 amide bonds. The second-order valence-corrected chi connectivity index (χ2v) is 5.92. The van der Waals surface area contributed by atoms with Crippen LogP contribution in [0.3, 0.4) is 0 Å². The van der Waals surface area contributed by atoms with Gasteiger partial charge in [-0.15, -0.1) is 0 Å². The molecular formula is C11H6Br3FN2. The van der Waals surface area contributed by atoms with Crippen molar-refractivity contribution in [1.82, 2.24) is 4.98 Å². The van der Waals surface area contributed by atoms with E-state index in [9.17, 15) is 4.39 Å². The molecule has 6 heteroatoms. The summed E-state index contributed by atoms with van der Waals surface area (Å²) in [4.78, 5) is 4.15. The first-order valence-electron chi connectivity index (χ1n) is 4.59. The van der Waals surface area contributed by atoms with Gasteiger partial charge in [-0.05, 0) is 56.1 Å². The Morgan fingerprint density at radius 2 is 1.82 bits per heavy atom. The third kappa shape index (κ3) is 3.26. The van der Waals surface area contributed by atoms with Gasteiger partial charge in [0, 0.05) is 15.1 Å². The monoisotopic (exact) mass is 422 g/mol. The predicted octanol–water partition coefficient (Wildman–Crippen LogP) is 5.25. The lowest BCUT2D eigenvalue weighted by Crippen LogP contribution is -1.97. The van der Waals surface area contributed by atoms with Gasteiger partial charge in [0.15, 0.2) is 0 Å². The zero-order chi connectivity index (χ0) is 12.4. The van der Waals surface area contributed by atoms with Crippen LogP contribution in [0.4, 0.5) is 15.9 Å². The predicted molar refractivity (Wildman–Crippen MR) is 77.0 cm³/mol. The molecule has 0 spiro atoms. The number of aromatic nitrogens is 1. The maximum Gasteiger partial charge on any atom is 0.147 e. The minimum absolute atomic E-state index is 0.337. The molecule has 88 valence electrons. The Labute approximate surface area is 123 Å². The molecule has 0 aliphatic carbocycles. The van der Waals surface area contributed by atoms with Crippen LogP contribution < -0.4 is 5.32 Å². The Morgan fingerprint density at radius 3 is 2.47 bits per heavy atom. The Kier molecular flexibility index (Phi) is 4.17. The minimum Gasteiger partial charge on any atom is -0.337 e. The minimum atomic E-state index is -0.337. The quantitative estimate of drug-likeness (QED) is 0.712. The second kappa shape index (κ2) is 5.46. The zero-order valence-electron chi connectivity index (χ0n) is 8.35. The van der Waals surface area contributed by atoms with E-state index in [4.69, 9.17) is 0 Å². The highest BCUT2D eigenvalue weighted by atomic mass is 79.9. The van der Waals surface area contributed by atoms with Crippen LogP contribution in [0.2, 0.25) is 0 Å². The standard InChI is InChI=1S/C11H6Br3FN2/c12-6-1-2-10(9(15)4-6)17-11-8(14)3-7(13)5-16-11/h1-5H,(H,16,17). The molecule has 0 fully saturated rings. The van der Waals surface area contributed by atoms with E-state index >= 15 is 0 Å². The molecule has 0 saturated heterocycles. The summed E-state index contributed by atoms with van der Waals surface area (Å²) in [6.45, 7) is 0. The van der Waals surface area contributed by atoms with Crippen molar-refractivity contribution in [3.05, 3.63) is 49.7 Å². The topological polar surface area (TPSA) is 24.9 Å². The molecule has 2 nitrogen and oxygen atoms in total. The molecule has 1 N–H and O–H groups in total. The summed E-state index contributed by atoms with van der Waals surface area (Å²) in [6.07, 6.45) is 1.64. The molecule has 1 heterocycles. The summed E-state index contributed by atoms with van der Waals surface area (Å²) < 4.78 is 15.9. The molecule has 0 aliphatic rings. The smallest absolute Gasteiger partial charge is 0.147 e. The van der Waals surface area contributed by atoms with Gasteiger partial charge >= 0.3 is 0 Å². The fourth-order valence-corrected chi connectivity index (χ4v) is 2.64. The molecule has 0 saturated carbocycles. The number of hydrogen-bond acceptors (Lipinski definition) is 2. The van der Waals surface area contributed by atoms with Crippen LogP contribution in [-0.4, -0.2) is 4.98 Å². The number of halogens is 4. The maximum atomic E-state index is 13.6. The number of nitrogens with zero attached hydrogens (tertiary/aromatic N) is 1. The Bertz CT molecular complexity index is 511. The number of pyridine rings is 1. The third-order valence-electron chi connectivity index (χ3n) is 1.99. The van der Waals surface area contributed by atoms with E-state index in [1.807, 2.05) is 6.07 Å². The zero-order valence-corrected chi connectivity index (χ0v) is 13.1. The van der Waals surface area contributed by atoms with E-state index in [-0.39, 0.29) is 5.82 Å². The second-order valence-electron chi connectivity index (χ2n) is 3.23. The van der Waals surface area contributed by atoms with Crippen molar-refractivity contribution < 1.29 is 4.39 Å². The first kappa shape index (κ1) is 13.0. The Morgan fingerprint density at radius 1 is 1.06 bits per heavy atom. The molecule has 1 aromatic heterocycles. The van der Waals surface area contributed by atoms with Crippen LogP contribution in [0, 0.1) is 5.82 Å². The molecule has 17 heavy (non-hydrogen) atoms. The fraction of sp³-hybridized carbons (Fsp3) is 0. The first-order valence-corrected chi connectivity index (χ1v) is 6.97. The van der Waals surface area contributed by atoms with Gasteiger partial charge in [0.1, 0.15) is 11.6 Å². The summed E-state index contributed by atoms with van der Waals surface area (Å²) in [7, 11) is 0. The lowest BCUT2D eigenvalue weighted by Gasteiger charge is -2.08. The van der Waals surface area contributed by atoms with Crippen molar-refractivity contribution in [3.63, 3.8) is 0 Å². The van der Waals surface area contributed by atoms with Crippen LogP contribution in [-0.2, 0) is 0 Å². The number of nitrogens with one attached hydrogen (secondary N) is 1. The van der Waals surface area contributed by atoms with Gasteiger partial charge < -0.3 is 5.32 Å². The van der Waals surface area contributed by atoms with Crippen molar-refractivity contribution in [2.24, 2.45) is 0 Å². The number of anilines is 2. The van der Waals surface area contributed by atoms with Crippen LogP contribution in [0.15, 0.2) is 43.9 Å². The highest BCUT2D eigenvalue weighted by Crippen LogP contribution is 2.28. The van der Waals surface area contributed by atoms with Crippen molar-refractivity contribution in [1.29, 1.82) is 0 Å². The summed E-state index contributed by atoms with van der Waals surface area (Å²) >= 11 is 9.87. The lowest BCUT2D eigenvalue weighted by atomic mass is 10.3. The van der Waals surface area contributed by atoms with E-state index in [0.717, 1.165) is 8.95 Å². The van der Waals surface area contributed by atoms with Crippen molar-refractivity contribution >= 4 is 59.3 Å². The molecule has 0 atom stereocenters. The summed E-state index contributed by atoms with van der Waals surface area (Å²) in [5.41, 5.74) is 0.378. The Balaban J connectivity index is 2.31. The summed E-state index contributed by atoms with van der Waals surface area (Å²) in [5, 5.41) is 2.92. The van der Waals surface area contributed by atoms with E-state index in [0.29, 0.717) is 16.0 Å². The molecule has 0 unspecified atom stereocenters. The van der Waals surface area contributed by atoms with Crippen molar-refractivity contribution in [3.8, 4) is 0 Å². The average Bonchev–Trinajstić information content (AvgIpc) is 2.25. The SMILES string of the molecule is Fc1cc(Br)ccc1Nc1ncc(Br)cc1Br. The highest BCUT2D eigenvalue weighted by Gasteiger charge is 2.06. The van der Waals surface area contributed by atoms with Gasteiger partial charge in [0.05, 0.1) is 10.2 Å². The summed E-state index contributed by atoms with van der Waals surface area (Å²) in [5.74, 6) is 0.227. The van der Waals surface area contributed by atoms with Crippen LogP contribution in [0.5, 0.6) is 0 Å². The molecule has 2 rings (SSSR count). The largest absolute Gasteiger partial charge is 0.337 e. The highest BCUT2D eigenvalue weighted by molar-refractivity contribution is 9.11. The van der Waals surface area contributed by atoms with Crippen LogP contribution in [0.25, 0.3) is 0 Å². The summed E-state index contributed by atoms with van der Waals surface area (Å²) in [6, 6.07) is 6.65. The van der Waals surface area contributed by atoms with Gasteiger partial charge in [-0.2, -0.15) is 0 Å². The molecular weight excluding hydrogens is 419 g/mol. The Hall–Kier alpha value is -0.460. The van der Waals surface area contributed by atoms with Crippen molar-refractivity contribution in [2.75, 3.05) is 5.32 Å². The van der Waals surface area contributed by atoms with E-state index < -0.39 is 0 Å². The van der Waals surface area contributed by atoms with Crippen molar-refractivity contribution in [2.45, 2.75) is 0 Å². The van der Waals surface area contributed by atoms with Crippen LogP contribution in [0.1, 0.15) is 0 Å². The third-order valence-corrected chi connectivity index (χ3v) is 3.52. The molecule has 1 aromatic carbocycles. The van der Waals surface area contributed by atoms with E-state index in [2.05, 4.69) is 58.1 Å². The normalized spacial score (nSPS) is 10.4. The molecule has 0 bridgehead atoms. The van der Waals surface area contributed by atoms with Gasteiger partial charge in [-0.1, -0.05) is 15.9 Å². The number of hydrogen-bond donors (Lipinski definition) is 1. The number of benzene rings is 1. The van der Waals surface area contributed by atoms with E-state index in [1.54, 1.807) is 18.3 Å². The number of rotatable bonds is 2.